The summed E-state index contributed by atoms with van der Waals surface area (Å²) in [5, 5.41) is 6.12. The Morgan fingerprint density at radius 2 is 2.05 bits per heavy atom. The number of amides is 1. The summed E-state index contributed by atoms with van der Waals surface area (Å²) in [5.74, 6) is 1.65. The molecule has 2 N–H and O–H groups in total. The fourth-order valence-corrected chi connectivity index (χ4v) is 2.21. The molecule has 1 amide bonds. The van der Waals surface area contributed by atoms with Gasteiger partial charge >= 0.3 is 0 Å². The van der Waals surface area contributed by atoms with Crippen molar-refractivity contribution in [2.24, 2.45) is 0 Å². The Balaban J connectivity index is 1.64. The Morgan fingerprint density at radius 3 is 2.70 bits per heavy atom. The lowest BCUT2D eigenvalue weighted by Crippen LogP contribution is -2.47. The maximum Gasteiger partial charge on any atom is 0.237 e. The van der Waals surface area contributed by atoms with Crippen molar-refractivity contribution in [1.29, 1.82) is 0 Å². The van der Waals surface area contributed by atoms with Gasteiger partial charge in [0.15, 0.2) is 0 Å². The van der Waals surface area contributed by atoms with Gasteiger partial charge in [0, 0.05) is 0 Å². The predicted molar refractivity (Wildman–Crippen MR) is 77.1 cm³/mol. The van der Waals surface area contributed by atoms with Crippen LogP contribution in [0.1, 0.15) is 19.3 Å². The molecule has 0 aromatic heterocycles. The van der Waals surface area contributed by atoms with Crippen LogP contribution < -0.4 is 20.1 Å². The summed E-state index contributed by atoms with van der Waals surface area (Å²) in [6.45, 7) is 1.91. The van der Waals surface area contributed by atoms with Crippen molar-refractivity contribution in [2.75, 3.05) is 26.8 Å². The van der Waals surface area contributed by atoms with Crippen molar-refractivity contribution in [3.8, 4) is 11.5 Å². The lowest BCUT2D eigenvalue weighted by Gasteiger charge is -2.22. The molecule has 1 saturated heterocycles. The van der Waals surface area contributed by atoms with Crippen LogP contribution >= 0.6 is 0 Å². The van der Waals surface area contributed by atoms with E-state index >= 15 is 0 Å². The first kappa shape index (κ1) is 14.7. The molecule has 0 aliphatic carbocycles. The van der Waals surface area contributed by atoms with E-state index in [9.17, 15) is 4.79 Å². The van der Waals surface area contributed by atoms with Crippen LogP contribution in [0, 0.1) is 0 Å². The van der Waals surface area contributed by atoms with E-state index in [1.165, 1.54) is 0 Å². The molecule has 5 nitrogen and oxygen atoms in total. The Morgan fingerprint density at radius 1 is 1.30 bits per heavy atom. The number of methoxy groups -OCH3 is 1. The predicted octanol–water partition coefficient (Wildman–Crippen LogP) is 1.33. The minimum atomic E-state index is -0.0373. The van der Waals surface area contributed by atoms with E-state index in [0.29, 0.717) is 13.2 Å². The summed E-state index contributed by atoms with van der Waals surface area (Å²) < 4.78 is 10.6. The Bertz CT molecular complexity index is 414. The molecule has 1 aliphatic rings. The van der Waals surface area contributed by atoms with Crippen molar-refractivity contribution in [1.82, 2.24) is 10.6 Å². The lowest BCUT2D eigenvalue weighted by atomic mass is 10.0. The smallest absolute Gasteiger partial charge is 0.237 e. The van der Waals surface area contributed by atoms with Crippen molar-refractivity contribution in [3.63, 3.8) is 0 Å². The van der Waals surface area contributed by atoms with Crippen LogP contribution in [0.5, 0.6) is 11.5 Å². The average molecular weight is 278 g/mol. The maximum absolute atomic E-state index is 11.8. The number of ether oxygens (including phenoxy) is 2. The second-order valence-corrected chi connectivity index (χ2v) is 4.82. The number of piperidine rings is 1. The van der Waals surface area contributed by atoms with Crippen molar-refractivity contribution < 1.29 is 14.3 Å². The number of hydrogen-bond acceptors (Lipinski definition) is 4. The Labute approximate surface area is 119 Å². The normalized spacial score (nSPS) is 18.4. The van der Waals surface area contributed by atoms with Crippen LogP contribution in [0.2, 0.25) is 0 Å². The van der Waals surface area contributed by atoms with Crippen molar-refractivity contribution in [2.45, 2.75) is 25.3 Å². The highest BCUT2D eigenvalue weighted by atomic mass is 16.5. The third kappa shape index (κ3) is 4.42. The summed E-state index contributed by atoms with van der Waals surface area (Å²) in [4.78, 5) is 11.8. The zero-order valence-corrected chi connectivity index (χ0v) is 11.9. The molecule has 20 heavy (non-hydrogen) atoms. The number of rotatable bonds is 6. The van der Waals surface area contributed by atoms with Gasteiger partial charge in [-0.3, -0.25) is 4.79 Å². The first-order chi connectivity index (χ1) is 9.79. The molecule has 0 saturated carbocycles. The van der Waals surface area contributed by atoms with Gasteiger partial charge in [-0.1, -0.05) is 6.42 Å². The topological polar surface area (TPSA) is 59.6 Å². The fraction of sp³-hybridized carbons (Fsp3) is 0.533. The van der Waals surface area contributed by atoms with Crippen LogP contribution in [0.15, 0.2) is 24.3 Å². The van der Waals surface area contributed by atoms with Crippen LogP contribution in [0.4, 0.5) is 0 Å². The minimum absolute atomic E-state index is 0.0373. The number of benzene rings is 1. The van der Waals surface area contributed by atoms with Gasteiger partial charge in [0.05, 0.1) is 19.7 Å². The summed E-state index contributed by atoms with van der Waals surface area (Å²) in [6.07, 6.45) is 3.20. The molecule has 1 aliphatic heterocycles. The molecule has 0 radical (unpaired) electrons. The van der Waals surface area contributed by atoms with E-state index in [1.807, 2.05) is 24.3 Å². The highest BCUT2D eigenvalue weighted by Gasteiger charge is 2.19. The number of hydrogen-bond donors (Lipinski definition) is 2. The van der Waals surface area contributed by atoms with Crippen LogP contribution in [-0.2, 0) is 4.79 Å². The second kappa shape index (κ2) is 7.75. The van der Waals surface area contributed by atoms with E-state index in [1.54, 1.807) is 7.11 Å². The van der Waals surface area contributed by atoms with Crippen LogP contribution in [0.3, 0.4) is 0 Å². The molecule has 2 rings (SSSR count). The maximum atomic E-state index is 11.8. The average Bonchev–Trinajstić information content (AvgIpc) is 2.53. The minimum Gasteiger partial charge on any atom is -0.497 e. The van der Waals surface area contributed by atoms with Gasteiger partial charge in [-0.15, -0.1) is 0 Å². The molecule has 0 unspecified atom stereocenters. The van der Waals surface area contributed by atoms with Gasteiger partial charge in [-0.2, -0.15) is 0 Å². The SMILES string of the molecule is COc1ccc(OCCNC(=O)[C@@H]2CCCCN2)cc1. The van der Waals surface area contributed by atoms with Gasteiger partial charge in [0.1, 0.15) is 18.1 Å². The summed E-state index contributed by atoms with van der Waals surface area (Å²) in [6, 6.07) is 7.36. The summed E-state index contributed by atoms with van der Waals surface area (Å²) in [5.41, 5.74) is 0. The van der Waals surface area contributed by atoms with E-state index in [0.717, 1.165) is 37.3 Å². The molecular formula is C15H22N2O3. The molecule has 1 aromatic carbocycles. The standard InChI is InChI=1S/C15H22N2O3/c1-19-12-5-7-13(8-6-12)20-11-10-17-15(18)14-4-2-3-9-16-14/h5-8,14,16H,2-4,9-11H2,1H3,(H,17,18)/t14-/m0/s1. The number of nitrogens with one attached hydrogen (secondary N) is 2. The highest BCUT2D eigenvalue weighted by Crippen LogP contribution is 2.16. The van der Waals surface area contributed by atoms with Gasteiger partial charge < -0.3 is 20.1 Å². The molecular weight excluding hydrogens is 256 g/mol. The van der Waals surface area contributed by atoms with Gasteiger partial charge in [0.25, 0.3) is 0 Å². The number of carbonyl (C=O) groups excluding carboxylic acids is 1. The fourth-order valence-electron chi connectivity index (χ4n) is 2.21. The molecule has 5 heteroatoms. The lowest BCUT2D eigenvalue weighted by molar-refractivity contribution is -0.123. The summed E-state index contributed by atoms with van der Waals surface area (Å²) in [7, 11) is 1.63. The molecule has 110 valence electrons. The first-order valence-corrected chi connectivity index (χ1v) is 7.07. The van der Waals surface area contributed by atoms with Crippen LogP contribution in [0.25, 0.3) is 0 Å². The molecule has 0 spiro atoms. The van der Waals surface area contributed by atoms with Crippen molar-refractivity contribution >= 4 is 5.91 Å². The van der Waals surface area contributed by atoms with Crippen LogP contribution in [-0.4, -0.2) is 38.8 Å². The molecule has 0 bridgehead atoms. The van der Waals surface area contributed by atoms with E-state index in [-0.39, 0.29) is 11.9 Å². The van der Waals surface area contributed by atoms with Crippen molar-refractivity contribution in [3.05, 3.63) is 24.3 Å². The zero-order chi connectivity index (χ0) is 14.2. The second-order valence-electron chi connectivity index (χ2n) is 4.82. The van der Waals surface area contributed by atoms with E-state index < -0.39 is 0 Å². The third-order valence-corrected chi connectivity index (χ3v) is 3.36. The number of carbonyl (C=O) groups is 1. The van der Waals surface area contributed by atoms with E-state index in [2.05, 4.69) is 10.6 Å². The largest absolute Gasteiger partial charge is 0.497 e. The quantitative estimate of drug-likeness (QED) is 0.771. The zero-order valence-electron chi connectivity index (χ0n) is 11.9. The molecule has 1 aromatic rings. The monoisotopic (exact) mass is 278 g/mol. The first-order valence-electron chi connectivity index (χ1n) is 7.07. The Hall–Kier alpha value is -1.75. The van der Waals surface area contributed by atoms with Gasteiger partial charge in [-0.05, 0) is 43.7 Å². The van der Waals surface area contributed by atoms with Gasteiger partial charge in [-0.25, -0.2) is 0 Å². The summed E-state index contributed by atoms with van der Waals surface area (Å²) >= 11 is 0. The van der Waals surface area contributed by atoms with E-state index in [4.69, 9.17) is 9.47 Å². The van der Waals surface area contributed by atoms with Gasteiger partial charge in [0.2, 0.25) is 5.91 Å². The Kier molecular flexibility index (Phi) is 5.68. The molecule has 1 fully saturated rings. The highest BCUT2D eigenvalue weighted by molar-refractivity contribution is 5.81. The third-order valence-electron chi connectivity index (χ3n) is 3.36. The molecule has 1 heterocycles. The molecule has 1 atom stereocenters.